The van der Waals surface area contributed by atoms with E-state index in [1.54, 1.807) is 11.9 Å². The summed E-state index contributed by atoms with van der Waals surface area (Å²) in [5.41, 5.74) is 10.1. The average molecular weight is 366 g/mol. The van der Waals surface area contributed by atoms with Crippen molar-refractivity contribution in [1.82, 2.24) is 0 Å². The van der Waals surface area contributed by atoms with Crippen molar-refractivity contribution in [2.24, 2.45) is 5.73 Å². The Morgan fingerprint density at radius 3 is 2.81 bits per heavy atom. The van der Waals surface area contributed by atoms with Gasteiger partial charge in [-0.1, -0.05) is 39.7 Å². The molecule has 2 aromatic carbocycles. The zero-order valence-corrected chi connectivity index (χ0v) is 13.8. The summed E-state index contributed by atoms with van der Waals surface area (Å²) in [6.45, 7) is 0. The van der Waals surface area contributed by atoms with Crippen LogP contribution in [0.2, 0.25) is 5.02 Å². The summed E-state index contributed by atoms with van der Waals surface area (Å²) in [6, 6.07) is 11.2. The van der Waals surface area contributed by atoms with Crippen LogP contribution in [0.3, 0.4) is 0 Å². The maximum atomic E-state index is 11.7. The lowest BCUT2D eigenvalue weighted by molar-refractivity contribution is -0.117. The van der Waals surface area contributed by atoms with Gasteiger partial charge in [-0.05, 0) is 41.0 Å². The maximum absolute atomic E-state index is 11.7. The van der Waals surface area contributed by atoms with E-state index >= 15 is 0 Å². The number of hydrogen-bond acceptors (Lipinski definition) is 2. The number of hydrogen-bond donors (Lipinski definition) is 1. The molecule has 0 spiro atoms. The lowest BCUT2D eigenvalue weighted by atomic mass is 9.97. The predicted molar refractivity (Wildman–Crippen MR) is 88.7 cm³/mol. The van der Waals surface area contributed by atoms with Crippen LogP contribution >= 0.6 is 27.5 Å². The monoisotopic (exact) mass is 364 g/mol. The number of anilines is 1. The van der Waals surface area contributed by atoms with Crippen LogP contribution in [0.4, 0.5) is 5.69 Å². The van der Waals surface area contributed by atoms with Crippen LogP contribution in [0.25, 0.3) is 0 Å². The lowest BCUT2D eigenvalue weighted by Crippen LogP contribution is -2.20. The molecule has 108 valence electrons. The van der Waals surface area contributed by atoms with Crippen LogP contribution < -0.4 is 10.6 Å². The maximum Gasteiger partial charge on any atom is 0.231 e. The summed E-state index contributed by atoms with van der Waals surface area (Å²) in [5.74, 6) is 0.108. The van der Waals surface area contributed by atoms with Gasteiger partial charge in [-0.3, -0.25) is 4.79 Å². The highest BCUT2D eigenvalue weighted by Gasteiger charge is 2.25. The molecule has 0 saturated heterocycles. The Balaban J connectivity index is 2.00. The Kier molecular flexibility index (Phi) is 3.78. The summed E-state index contributed by atoms with van der Waals surface area (Å²) in [7, 11) is 1.79. The fraction of sp³-hybridized carbons (Fsp3) is 0.188. The summed E-state index contributed by atoms with van der Waals surface area (Å²) in [4.78, 5) is 13.4. The molecule has 0 saturated carbocycles. The van der Waals surface area contributed by atoms with E-state index in [1.165, 1.54) is 0 Å². The third kappa shape index (κ3) is 2.59. The highest BCUT2D eigenvalue weighted by Crippen LogP contribution is 2.33. The van der Waals surface area contributed by atoms with Crippen LogP contribution in [0, 0.1) is 0 Å². The third-order valence-corrected chi connectivity index (χ3v) is 4.67. The van der Waals surface area contributed by atoms with Crippen molar-refractivity contribution in [3.05, 3.63) is 62.6 Å². The summed E-state index contributed by atoms with van der Waals surface area (Å²) in [6.07, 6.45) is 0.429. The molecule has 1 aliphatic rings. The van der Waals surface area contributed by atoms with Crippen molar-refractivity contribution in [3.63, 3.8) is 0 Å². The van der Waals surface area contributed by atoms with Gasteiger partial charge in [0, 0.05) is 22.2 Å². The molecule has 1 aliphatic heterocycles. The number of nitrogens with zero attached hydrogens (tertiary/aromatic N) is 1. The van der Waals surface area contributed by atoms with E-state index in [0.29, 0.717) is 11.4 Å². The number of benzene rings is 2. The van der Waals surface area contributed by atoms with Crippen molar-refractivity contribution in [2.75, 3.05) is 11.9 Å². The number of carbonyl (C=O) groups is 1. The van der Waals surface area contributed by atoms with Crippen LogP contribution in [0.15, 0.2) is 40.9 Å². The average Bonchev–Trinajstić information content (AvgIpc) is 2.75. The van der Waals surface area contributed by atoms with Gasteiger partial charge in [0.05, 0.1) is 12.5 Å². The first-order valence-corrected chi connectivity index (χ1v) is 7.74. The first-order valence-electron chi connectivity index (χ1n) is 6.57. The van der Waals surface area contributed by atoms with Gasteiger partial charge >= 0.3 is 0 Å². The minimum Gasteiger partial charge on any atom is -0.320 e. The second-order valence-corrected chi connectivity index (χ2v) is 6.48. The molecule has 1 unspecified atom stereocenters. The van der Waals surface area contributed by atoms with E-state index in [9.17, 15) is 4.79 Å². The predicted octanol–water partition coefficient (Wildman–Crippen LogP) is 3.67. The van der Waals surface area contributed by atoms with Crippen molar-refractivity contribution < 1.29 is 4.79 Å². The number of nitrogens with two attached hydrogens (primary N) is 1. The molecule has 3 rings (SSSR count). The highest BCUT2D eigenvalue weighted by molar-refractivity contribution is 9.10. The fourth-order valence-electron chi connectivity index (χ4n) is 2.62. The second-order valence-electron chi connectivity index (χ2n) is 5.16. The first-order chi connectivity index (χ1) is 9.97. The van der Waals surface area contributed by atoms with Crippen LogP contribution in [-0.4, -0.2) is 13.0 Å². The number of fused-ring (bicyclic) bond motifs is 1. The Bertz CT molecular complexity index is 732. The highest BCUT2D eigenvalue weighted by atomic mass is 79.9. The summed E-state index contributed by atoms with van der Waals surface area (Å²) >= 11 is 9.68. The molecular formula is C16H14BrClN2O. The van der Waals surface area contributed by atoms with Crippen molar-refractivity contribution in [3.8, 4) is 0 Å². The topological polar surface area (TPSA) is 46.3 Å². The minimum atomic E-state index is -0.318. The number of rotatable bonds is 2. The lowest BCUT2D eigenvalue weighted by Gasteiger charge is -2.16. The Morgan fingerprint density at radius 1 is 1.29 bits per heavy atom. The van der Waals surface area contributed by atoms with Gasteiger partial charge in [0.1, 0.15) is 0 Å². The molecule has 1 heterocycles. The van der Waals surface area contributed by atoms with E-state index in [2.05, 4.69) is 15.9 Å². The fourth-order valence-corrected chi connectivity index (χ4v) is 3.23. The number of halogens is 2. The van der Waals surface area contributed by atoms with Gasteiger partial charge in [0.15, 0.2) is 0 Å². The Morgan fingerprint density at radius 2 is 2.05 bits per heavy atom. The molecule has 0 aliphatic carbocycles. The van der Waals surface area contributed by atoms with Crippen LogP contribution in [0.1, 0.15) is 22.7 Å². The molecule has 0 aromatic heterocycles. The summed E-state index contributed by atoms with van der Waals surface area (Å²) < 4.78 is 0.938. The summed E-state index contributed by atoms with van der Waals surface area (Å²) in [5, 5.41) is 0.638. The zero-order chi connectivity index (χ0) is 15.1. The van der Waals surface area contributed by atoms with Crippen LogP contribution in [0.5, 0.6) is 0 Å². The molecule has 1 amide bonds. The van der Waals surface area contributed by atoms with Gasteiger partial charge in [-0.15, -0.1) is 0 Å². The molecule has 0 fully saturated rings. The molecular weight excluding hydrogens is 352 g/mol. The van der Waals surface area contributed by atoms with Crippen molar-refractivity contribution in [2.45, 2.75) is 12.5 Å². The molecule has 2 N–H and O–H groups in total. The number of carbonyl (C=O) groups excluding carboxylic acids is 1. The minimum absolute atomic E-state index is 0.108. The molecule has 5 heteroatoms. The number of amides is 1. The Hall–Kier alpha value is -1.36. The van der Waals surface area contributed by atoms with Crippen LogP contribution in [-0.2, 0) is 11.2 Å². The van der Waals surface area contributed by atoms with E-state index in [1.807, 2.05) is 36.4 Å². The van der Waals surface area contributed by atoms with E-state index in [0.717, 1.165) is 26.9 Å². The van der Waals surface area contributed by atoms with E-state index in [-0.39, 0.29) is 11.9 Å². The molecule has 2 aromatic rings. The molecule has 0 bridgehead atoms. The molecule has 1 atom stereocenters. The first kappa shape index (κ1) is 14.6. The number of likely N-dealkylation sites (N-methyl/N-ethyl adjacent to an activating group) is 1. The third-order valence-electron chi connectivity index (χ3n) is 3.83. The second kappa shape index (κ2) is 5.44. The smallest absolute Gasteiger partial charge is 0.231 e. The standard InChI is InChI=1S/C16H14BrClN2O/c1-20-14-5-2-9(6-10(14)7-15(20)21)16(19)12-8-11(17)3-4-13(12)18/h2-6,8,16H,7,19H2,1H3. The molecule has 21 heavy (non-hydrogen) atoms. The van der Waals surface area contributed by atoms with Gasteiger partial charge in [-0.2, -0.15) is 0 Å². The van der Waals surface area contributed by atoms with E-state index < -0.39 is 0 Å². The molecule has 0 radical (unpaired) electrons. The zero-order valence-electron chi connectivity index (χ0n) is 11.4. The normalized spacial score (nSPS) is 15.2. The molecule has 3 nitrogen and oxygen atoms in total. The van der Waals surface area contributed by atoms with Gasteiger partial charge in [0.25, 0.3) is 0 Å². The van der Waals surface area contributed by atoms with Crippen molar-refractivity contribution in [1.29, 1.82) is 0 Å². The van der Waals surface area contributed by atoms with E-state index in [4.69, 9.17) is 17.3 Å². The SMILES string of the molecule is CN1C(=O)Cc2cc(C(N)c3cc(Br)ccc3Cl)ccc21. The van der Waals surface area contributed by atoms with Crippen molar-refractivity contribution >= 4 is 39.1 Å². The largest absolute Gasteiger partial charge is 0.320 e. The van der Waals surface area contributed by atoms with Gasteiger partial charge in [-0.25, -0.2) is 0 Å². The quantitative estimate of drug-likeness (QED) is 0.882. The van der Waals surface area contributed by atoms with Gasteiger partial charge < -0.3 is 10.6 Å². The Labute approximate surface area is 136 Å². The van der Waals surface area contributed by atoms with Gasteiger partial charge in [0.2, 0.25) is 5.91 Å².